The van der Waals surface area contributed by atoms with Gasteiger partial charge in [0, 0.05) is 10.8 Å². The van der Waals surface area contributed by atoms with Gasteiger partial charge in [0.1, 0.15) is 11.5 Å². The lowest BCUT2D eigenvalue weighted by Crippen LogP contribution is -1.89. The molecule has 0 aromatic heterocycles. The van der Waals surface area contributed by atoms with Crippen LogP contribution in [-0.2, 0) is 0 Å². The fourth-order valence-electron chi connectivity index (χ4n) is 4.34. The van der Waals surface area contributed by atoms with Crippen molar-refractivity contribution in [1.29, 1.82) is 0 Å². The number of fused-ring (bicyclic) bond motifs is 6. The molecule has 0 spiro atoms. The average Bonchev–Trinajstić information content (AvgIpc) is 2.79. The van der Waals surface area contributed by atoms with Gasteiger partial charge in [0.05, 0.1) is 0 Å². The van der Waals surface area contributed by atoms with Gasteiger partial charge in [-0.05, 0) is 44.5 Å². The van der Waals surface area contributed by atoms with E-state index in [1.807, 2.05) is 0 Å². The van der Waals surface area contributed by atoms with E-state index >= 15 is 0 Å². The van der Waals surface area contributed by atoms with Crippen LogP contribution in [0.15, 0.2) is 109 Å². The van der Waals surface area contributed by atoms with Crippen molar-refractivity contribution < 1.29 is 4.74 Å². The van der Waals surface area contributed by atoms with Crippen molar-refractivity contribution in [3.8, 4) is 11.5 Å². The predicted molar refractivity (Wildman–Crippen MR) is 123 cm³/mol. The second-order valence-corrected chi connectivity index (χ2v) is 7.38. The largest absolute Gasteiger partial charge is 0.456 e. The molecule has 0 aliphatic rings. The summed E-state index contributed by atoms with van der Waals surface area (Å²) in [6.45, 7) is 0. The molecule has 0 bridgehead atoms. The topological polar surface area (TPSA) is 9.23 Å². The van der Waals surface area contributed by atoms with Crippen LogP contribution in [0.3, 0.4) is 0 Å². The molecule has 29 heavy (non-hydrogen) atoms. The second-order valence-electron chi connectivity index (χ2n) is 7.38. The quantitative estimate of drug-likeness (QED) is 0.280. The molecule has 0 N–H and O–H groups in total. The summed E-state index contributed by atoms with van der Waals surface area (Å²) >= 11 is 0. The van der Waals surface area contributed by atoms with Crippen LogP contribution in [-0.4, -0.2) is 0 Å². The van der Waals surface area contributed by atoms with Crippen molar-refractivity contribution in [2.75, 3.05) is 0 Å². The summed E-state index contributed by atoms with van der Waals surface area (Å²) in [5.74, 6) is 1.78. The fourth-order valence-corrected chi connectivity index (χ4v) is 4.34. The summed E-state index contributed by atoms with van der Waals surface area (Å²) in [5, 5.41) is 9.55. The first kappa shape index (κ1) is 16.1. The summed E-state index contributed by atoms with van der Waals surface area (Å²) in [7, 11) is 0. The molecule has 0 amide bonds. The van der Waals surface area contributed by atoms with E-state index in [4.69, 9.17) is 4.74 Å². The Bertz CT molecular complexity index is 1410. The molecule has 0 saturated heterocycles. The zero-order valence-corrected chi connectivity index (χ0v) is 15.8. The Kier molecular flexibility index (Phi) is 3.54. The monoisotopic (exact) mass is 370 g/mol. The highest BCUT2D eigenvalue weighted by Crippen LogP contribution is 2.39. The Morgan fingerprint density at radius 3 is 1.28 bits per heavy atom. The lowest BCUT2D eigenvalue weighted by Gasteiger charge is -2.14. The molecule has 0 heterocycles. The summed E-state index contributed by atoms with van der Waals surface area (Å²) in [6.07, 6.45) is 0. The maximum atomic E-state index is 6.62. The summed E-state index contributed by atoms with van der Waals surface area (Å²) in [4.78, 5) is 0. The lowest BCUT2D eigenvalue weighted by molar-refractivity contribution is 0.495. The van der Waals surface area contributed by atoms with Crippen molar-refractivity contribution >= 4 is 43.1 Å². The first-order chi connectivity index (χ1) is 14.4. The molecule has 0 unspecified atom stereocenters. The number of rotatable bonds is 2. The third-order valence-electron chi connectivity index (χ3n) is 5.68. The first-order valence-corrected chi connectivity index (χ1v) is 9.87. The van der Waals surface area contributed by atoms with E-state index in [1.54, 1.807) is 0 Å². The van der Waals surface area contributed by atoms with Crippen LogP contribution in [0.4, 0.5) is 0 Å². The van der Waals surface area contributed by atoms with Crippen LogP contribution < -0.4 is 4.74 Å². The Balaban J connectivity index is 1.64. The third-order valence-corrected chi connectivity index (χ3v) is 5.68. The smallest absolute Gasteiger partial charge is 0.135 e. The maximum Gasteiger partial charge on any atom is 0.135 e. The third kappa shape index (κ3) is 2.55. The zero-order chi connectivity index (χ0) is 19.2. The minimum atomic E-state index is 0.889. The Morgan fingerprint density at radius 1 is 0.345 bits per heavy atom. The molecule has 0 aliphatic carbocycles. The first-order valence-electron chi connectivity index (χ1n) is 9.87. The van der Waals surface area contributed by atoms with Crippen molar-refractivity contribution in [1.82, 2.24) is 0 Å². The molecule has 0 saturated carbocycles. The van der Waals surface area contributed by atoms with Gasteiger partial charge in [0.2, 0.25) is 0 Å². The van der Waals surface area contributed by atoms with Gasteiger partial charge in [-0.2, -0.15) is 0 Å². The molecule has 0 fully saturated rings. The Morgan fingerprint density at radius 2 is 0.759 bits per heavy atom. The molecule has 0 aliphatic heterocycles. The van der Waals surface area contributed by atoms with Crippen LogP contribution in [0, 0.1) is 0 Å². The SMILES string of the molecule is c1ccc2c(c1)ccc1cccc(Oc3cccc4ccc5ccccc5c34)c12. The van der Waals surface area contributed by atoms with Crippen LogP contribution in [0.2, 0.25) is 0 Å². The minimum Gasteiger partial charge on any atom is -0.456 e. The number of hydrogen-bond donors (Lipinski definition) is 0. The highest BCUT2D eigenvalue weighted by Gasteiger charge is 2.11. The lowest BCUT2D eigenvalue weighted by atomic mass is 10.0. The number of ether oxygens (including phenoxy) is 1. The van der Waals surface area contributed by atoms with E-state index in [2.05, 4.69) is 109 Å². The predicted octanol–water partition coefficient (Wildman–Crippen LogP) is 8.09. The van der Waals surface area contributed by atoms with E-state index < -0.39 is 0 Å². The van der Waals surface area contributed by atoms with Gasteiger partial charge in [0.15, 0.2) is 0 Å². The van der Waals surface area contributed by atoms with E-state index in [0.29, 0.717) is 0 Å². The molecular weight excluding hydrogens is 352 g/mol. The zero-order valence-electron chi connectivity index (χ0n) is 15.8. The molecule has 6 aromatic rings. The summed E-state index contributed by atoms with van der Waals surface area (Å²) in [6, 6.07) is 38.2. The Hall–Kier alpha value is -3.84. The molecule has 6 rings (SSSR count). The fraction of sp³-hybridized carbons (Fsp3) is 0. The second kappa shape index (κ2) is 6.35. The standard InChI is InChI=1S/C28H18O/c1-3-11-23-19(7-1)15-17-21-9-5-13-25(27(21)23)29-26-14-6-10-22-18-16-20-8-2-4-12-24(20)28(22)26/h1-18H. The number of benzene rings is 6. The highest BCUT2D eigenvalue weighted by molar-refractivity contribution is 6.12. The van der Waals surface area contributed by atoms with Crippen molar-refractivity contribution in [2.24, 2.45) is 0 Å². The molecule has 136 valence electrons. The van der Waals surface area contributed by atoms with E-state index in [0.717, 1.165) is 22.3 Å². The molecule has 0 radical (unpaired) electrons. The van der Waals surface area contributed by atoms with Crippen LogP contribution in [0.1, 0.15) is 0 Å². The van der Waals surface area contributed by atoms with Crippen LogP contribution >= 0.6 is 0 Å². The van der Waals surface area contributed by atoms with E-state index in [-0.39, 0.29) is 0 Å². The molecule has 0 atom stereocenters. The molecule has 6 aromatic carbocycles. The number of hydrogen-bond acceptors (Lipinski definition) is 1. The van der Waals surface area contributed by atoms with Gasteiger partial charge >= 0.3 is 0 Å². The van der Waals surface area contributed by atoms with Crippen molar-refractivity contribution in [3.05, 3.63) is 109 Å². The van der Waals surface area contributed by atoms with Crippen LogP contribution in [0.25, 0.3) is 43.1 Å². The highest BCUT2D eigenvalue weighted by atomic mass is 16.5. The van der Waals surface area contributed by atoms with E-state index in [1.165, 1.54) is 32.3 Å². The normalized spacial score (nSPS) is 11.4. The van der Waals surface area contributed by atoms with Crippen molar-refractivity contribution in [2.45, 2.75) is 0 Å². The molecular formula is C28H18O. The average molecular weight is 370 g/mol. The minimum absolute atomic E-state index is 0.889. The van der Waals surface area contributed by atoms with Gasteiger partial charge in [-0.3, -0.25) is 0 Å². The van der Waals surface area contributed by atoms with Gasteiger partial charge < -0.3 is 4.74 Å². The maximum absolute atomic E-state index is 6.62. The van der Waals surface area contributed by atoms with Gasteiger partial charge in [0.25, 0.3) is 0 Å². The van der Waals surface area contributed by atoms with Gasteiger partial charge in [-0.25, -0.2) is 0 Å². The summed E-state index contributed by atoms with van der Waals surface area (Å²) in [5.41, 5.74) is 0. The van der Waals surface area contributed by atoms with E-state index in [9.17, 15) is 0 Å². The summed E-state index contributed by atoms with van der Waals surface area (Å²) < 4.78 is 6.62. The van der Waals surface area contributed by atoms with Crippen LogP contribution in [0.5, 0.6) is 11.5 Å². The van der Waals surface area contributed by atoms with Gasteiger partial charge in [-0.15, -0.1) is 0 Å². The molecule has 1 nitrogen and oxygen atoms in total. The molecule has 1 heteroatoms. The Labute approximate surface area is 168 Å². The van der Waals surface area contributed by atoms with Crippen molar-refractivity contribution in [3.63, 3.8) is 0 Å². The van der Waals surface area contributed by atoms with Gasteiger partial charge in [-0.1, -0.05) is 97.1 Å².